The third kappa shape index (κ3) is 6.64. The second kappa shape index (κ2) is 12.3. The molecule has 1 fully saturated rings. The van der Waals surface area contributed by atoms with Crippen LogP contribution in [0.3, 0.4) is 0 Å². The maximum absolute atomic E-state index is 15.1. The fourth-order valence-corrected chi connectivity index (χ4v) is 3.69. The summed E-state index contributed by atoms with van der Waals surface area (Å²) in [6.45, 7) is 1.27. The van der Waals surface area contributed by atoms with Crippen LogP contribution in [0.15, 0.2) is 36.7 Å². The molecule has 10 nitrogen and oxygen atoms in total. The van der Waals surface area contributed by atoms with E-state index in [1.54, 1.807) is 6.92 Å². The van der Waals surface area contributed by atoms with Gasteiger partial charge in [-0.05, 0) is 19.1 Å². The first-order valence-corrected chi connectivity index (χ1v) is 11.2. The Morgan fingerprint density at radius 2 is 1.86 bits per heavy atom. The van der Waals surface area contributed by atoms with Crippen molar-refractivity contribution in [2.75, 3.05) is 49.6 Å². The van der Waals surface area contributed by atoms with E-state index in [1.807, 2.05) is 5.32 Å². The van der Waals surface area contributed by atoms with Crippen molar-refractivity contribution in [1.29, 1.82) is 0 Å². The molecule has 3 amide bonds. The Bertz CT molecular complexity index is 1100. The van der Waals surface area contributed by atoms with Gasteiger partial charge in [0, 0.05) is 43.2 Å². The minimum atomic E-state index is -3.23. The molecule has 0 unspecified atom stereocenters. The average Bonchev–Trinajstić information content (AvgIpc) is 3.26. The van der Waals surface area contributed by atoms with E-state index < -0.39 is 42.1 Å². The number of pyridine rings is 1. The summed E-state index contributed by atoms with van der Waals surface area (Å²) in [5, 5.41) is 2.98. The Kier molecular flexibility index (Phi) is 9.22. The van der Waals surface area contributed by atoms with E-state index in [-0.39, 0.29) is 44.1 Å². The predicted molar refractivity (Wildman–Crippen MR) is 123 cm³/mol. The molecular weight excluding hydrogens is 502 g/mol. The van der Waals surface area contributed by atoms with Crippen LogP contribution >= 0.6 is 0 Å². The number of hydrogen-bond acceptors (Lipinski definition) is 7. The van der Waals surface area contributed by atoms with E-state index >= 15 is 8.78 Å². The molecule has 0 bridgehead atoms. The van der Waals surface area contributed by atoms with Gasteiger partial charge in [-0.15, -0.1) is 0 Å². The summed E-state index contributed by atoms with van der Waals surface area (Å²) in [5.41, 5.74) is -0.188. The zero-order valence-corrected chi connectivity index (χ0v) is 20.0. The van der Waals surface area contributed by atoms with Gasteiger partial charge in [0.2, 0.25) is 0 Å². The molecule has 3 rings (SSSR count). The molecule has 1 aliphatic rings. The molecule has 0 aliphatic carbocycles. The quantitative estimate of drug-likeness (QED) is 0.354. The van der Waals surface area contributed by atoms with Crippen molar-refractivity contribution in [3.63, 3.8) is 0 Å². The Morgan fingerprint density at radius 1 is 1.22 bits per heavy atom. The number of anilines is 2. The first kappa shape index (κ1) is 27.6. The van der Waals surface area contributed by atoms with Crippen molar-refractivity contribution in [2.24, 2.45) is 0 Å². The van der Waals surface area contributed by atoms with Gasteiger partial charge >= 0.3 is 12.5 Å². The summed E-state index contributed by atoms with van der Waals surface area (Å²) in [6, 6.07) is 4.90. The molecule has 1 N–H and O–H groups in total. The zero-order chi connectivity index (χ0) is 27.1. The lowest BCUT2D eigenvalue weighted by Gasteiger charge is -2.28. The first-order valence-electron chi connectivity index (χ1n) is 11.2. The lowest BCUT2D eigenvalue weighted by atomic mass is 10.2. The van der Waals surface area contributed by atoms with Crippen LogP contribution in [0, 0.1) is 11.6 Å². The van der Waals surface area contributed by atoms with Gasteiger partial charge in [0.05, 0.1) is 32.4 Å². The highest BCUT2D eigenvalue weighted by molar-refractivity contribution is 5.93. The first-order chi connectivity index (χ1) is 17.7. The van der Waals surface area contributed by atoms with Crippen molar-refractivity contribution in [2.45, 2.75) is 19.5 Å². The van der Waals surface area contributed by atoms with Crippen LogP contribution < -0.4 is 15.1 Å². The van der Waals surface area contributed by atoms with E-state index in [1.165, 1.54) is 36.5 Å². The number of alkyl halides is 2. The number of likely N-dealkylation sites (N-methyl/N-ethyl adjacent to an activating group) is 1. The van der Waals surface area contributed by atoms with Crippen LogP contribution in [0.25, 0.3) is 0 Å². The van der Waals surface area contributed by atoms with E-state index in [9.17, 15) is 23.2 Å². The molecule has 1 saturated heterocycles. The number of carbonyl (C=O) groups is 3. The summed E-state index contributed by atoms with van der Waals surface area (Å²) >= 11 is 0. The second-order valence-corrected chi connectivity index (χ2v) is 7.83. The third-order valence-electron chi connectivity index (χ3n) is 5.53. The van der Waals surface area contributed by atoms with Crippen molar-refractivity contribution in [3.05, 3.63) is 53.9 Å². The summed E-state index contributed by atoms with van der Waals surface area (Å²) in [7, 11) is 1.30. The van der Waals surface area contributed by atoms with Crippen molar-refractivity contribution < 1.29 is 41.5 Å². The number of cyclic esters (lactones) is 1. The number of ether oxygens (including phenoxy) is 1. The van der Waals surface area contributed by atoms with Gasteiger partial charge < -0.3 is 15.0 Å². The number of nitrogens with one attached hydrogen (secondary N) is 1. The molecule has 1 aromatic heterocycles. The van der Waals surface area contributed by atoms with Gasteiger partial charge in [0.25, 0.3) is 11.8 Å². The number of carbonyl (C=O) groups excluding carboxylic acids is 3. The molecule has 2 aromatic rings. The van der Waals surface area contributed by atoms with Gasteiger partial charge in [0.15, 0.2) is 11.6 Å². The van der Waals surface area contributed by atoms with E-state index in [4.69, 9.17) is 9.57 Å². The second-order valence-electron chi connectivity index (χ2n) is 7.83. The van der Waals surface area contributed by atoms with E-state index in [0.717, 1.165) is 22.1 Å². The van der Waals surface area contributed by atoms with Gasteiger partial charge in [0.1, 0.15) is 11.8 Å². The van der Waals surface area contributed by atoms with Gasteiger partial charge in [-0.3, -0.25) is 24.3 Å². The standard InChI is InChI=1S/C23H25F4N5O5/c1-3-30(8-9-32(36-2)22(34)14-4-6-28-7-5-14)19-17(24)10-15(11-18(19)25)31-13-16(37-23(31)35)12-29-21(33)20(26)27/h4-7,10-11,16,20H,3,8-9,12-13H2,1-2H3,(H,29,33)/t16-/m0/s1. The Balaban J connectivity index is 1.69. The van der Waals surface area contributed by atoms with E-state index in [0.29, 0.717) is 5.56 Å². The number of halogens is 4. The monoisotopic (exact) mass is 527 g/mol. The van der Waals surface area contributed by atoms with Crippen molar-refractivity contribution in [1.82, 2.24) is 15.4 Å². The minimum Gasteiger partial charge on any atom is -0.442 e. The molecule has 1 aliphatic heterocycles. The third-order valence-corrected chi connectivity index (χ3v) is 5.53. The topological polar surface area (TPSA) is 104 Å². The molecule has 1 atom stereocenters. The van der Waals surface area contributed by atoms with Crippen LogP contribution in [0.5, 0.6) is 0 Å². The molecule has 0 saturated carbocycles. The number of hydroxylamine groups is 2. The molecule has 37 heavy (non-hydrogen) atoms. The van der Waals surface area contributed by atoms with Crippen molar-refractivity contribution in [3.8, 4) is 0 Å². The van der Waals surface area contributed by atoms with E-state index in [2.05, 4.69) is 4.98 Å². The molecule has 0 spiro atoms. The summed E-state index contributed by atoms with van der Waals surface area (Å²) in [6.07, 6.45) is -2.26. The number of rotatable bonds is 11. The fourth-order valence-electron chi connectivity index (χ4n) is 3.69. The average molecular weight is 527 g/mol. The highest BCUT2D eigenvalue weighted by atomic mass is 19.3. The molecule has 2 heterocycles. The van der Waals surface area contributed by atoms with Crippen LogP contribution in [-0.2, 0) is 14.4 Å². The molecular formula is C23H25F4N5O5. The van der Waals surface area contributed by atoms with Crippen LogP contribution in [0.4, 0.5) is 33.7 Å². The van der Waals surface area contributed by atoms with Gasteiger partial charge in [-0.2, -0.15) is 8.78 Å². The Hall–Kier alpha value is -3.94. The minimum absolute atomic E-state index is 0.0173. The molecule has 14 heteroatoms. The zero-order valence-electron chi connectivity index (χ0n) is 20.0. The maximum atomic E-state index is 15.1. The summed E-state index contributed by atoms with van der Waals surface area (Å²) in [4.78, 5) is 47.1. The molecule has 1 aromatic carbocycles. The summed E-state index contributed by atoms with van der Waals surface area (Å²) in [5.74, 6) is -3.92. The lowest BCUT2D eigenvalue weighted by molar-refractivity contribution is -0.132. The smallest absolute Gasteiger partial charge is 0.414 e. The van der Waals surface area contributed by atoms with Crippen LogP contribution in [0.2, 0.25) is 0 Å². The molecule has 0 radical (unpaired) electrons. The number of aromatic nitrogens is 1. The SMILES string of the molecule is CCN(CCN(OC)C(=O)c1ccncc1)c1c(F)cc(N2C[C@H](CNC(=O)C(F)F)OC2=O)cc1F. The van der Waals surface area contributed by atoms with Crippen LogP contribution in [-0.4, -0.2) is 80.3 Å². The maximum Gasteiger partial charge on any atom is 0.414 e. The fraction of sp³-hybridized carbons (Fsp3) is 0.391. The number of amides is 3. The highest BCUT2D eigenvalue weighted by Crippen LogP contribution is 2.31. The predicted octanol–water partition coefficient (Wildman–Crippen LogP) is 2.60. The Morgan fingerprint density at radius 3 is 2.43 bits per heavy atom. The van der Waals surface area contributed by atoms with Gasteiger partial charge in [-0.25, -0.2) is 18.6 Å². The number of hydrogen-bond donors (Lipinski definition) is 1. The van der Waals surface area contributed by atoms with Gasteiger partial charge in [-0.1, -0.05) is 0 Å². The largest absolute Gasteiger partial charge is 0.442 e. The molecule has 200 valence electrons. The summed E-state index contributed by atoms with van der Waals surface area (Å²) < 4.78 is 59.8. The lowest BCUT2D eigenvalue weighted by Crippen LogP contribution is -2.39. The highest BCUT2D eigenvalue weighted by Gasteiger charge is 2.34. The van der Waals surface area contributed by atoms with Crippen molar-refractivity contribution >= 4 is 29.3 Å². The number of nitrogens with zero attached hydrogens (tertiary/aromatic N) is 4. The Labute approximate surface area is 209 Å². The normalized spacial score (nSPS) is 15.1. The number of benzene rings is 1. The van der Waals surface area contributed by atoms with Crippen LogP contribution in [0.1, 0.15) is 17.3 Å².